The van der Waals surface area contributed by atoms with E-state index >= 15 is 0 Å². The molecular weight excluding hydrogens is 370 g/mol. The molecular formula is C22H19N3O4. The molecule has 2 fully saturated rings. The molecule has 5 rings (SSSR count). The van der Waals surface area contributed by atoms with Gasteiger partial charge in [-0.3, -0.25) is 14.4 Å². The first-order valence-corrected chi connectivity index (χ1v) is 9.39. The summed E-state index contributed by atoms with van der Waals surface area (Å²) in [4.78, 5) is 42.3. The number of nitrogens with zero attached hydrogens (tertiary/aromatic N) is 2. The number of hydrogen-bond acceptors (Lipinski definition) is 5. The molecule has 3 aliphatic rings. The molecule has 0 aliphatic carbocycles. The van der Waals surface area contributed by atoms with Crippen molar-refractivity contribution in [2.24, 2.45) is 17.6 Å². The number of amides is 3. The zero-order chi connectivity index (χ0) is 20.3. The lowest BCUT2D eigenvalue weighted by molar-refractivity contribution is -0.129. The van der Waals surface area contributed by atoms with E-state index in [0.717, 1.165) is 16.0 Å². The molecule has 7 heteroatoms. The van der Waals surface area contributed by atoms with Crippen molar-refractivity contribution in [2.75, 3.05) is 12.0 Å². The zero-order valence-corrected chi connectivity index (χ0v) is 15.7. The van der Waals surface area contributed by atoms with E-state index in [1.165, 1.54) is 7.11 Å². The number of fused-ring (bicyclic) bond motifs is 5. The highest BCUT2D eigenvalue weighted by molar-refractivity contribution is 6.24. The molecule has 0 bridgehead atoms. The van der Waals surface area contributed by atoms with E-state index in [-0.39, 0.29) is 5.91 Å². The summed E-state index contributed by atoms with van der Waals surface area (Å²) in [5.74, 6) is -2.50. The highest BCUT2D eigenvalue weighted by atomic mass is 16.5. The fourth-order valence-electron chi connectivity index (χ4n) is 4.93. The molecule has 146 valence electrons. The van der Waals surface area contributed by atoms with Crippen molar-refractivity contribution in [3.8, 4) is 5.75 Å². The van der Waals surface area contributed by atoms with E-state index in [1.54, 1.807) is 35.4 Å². The van der Waals surface area contributed by atoms with Crippen LogP contribution in [-0.2, 0) is 14.4 Å². The Morgan fingerprint density at radius 2 is 1.69 bits per heavy atom. The van der Waals surface area contributed by atoms with Crippen LogP contribution in [0.5, 0.6) is 5.75 Å². The highest BCUT2D eigenvalue weighted by Gasteiger charge is 2.64. The number of benzene rings is 2. The number of methoxy groups -OCH3 is 1. The van der Waals surface area contributed by atoms with Gasteiger partial charge in [0.15, 0.2) is 0 Å². The average Bonchev–Trinajstić information content (AvgIpc) is 3.21. The molecule has 4 atom stereocenters. The highest BCUT2D eigenvalue weighted by Crippen LogP contribution is 2.53. The quantitative estimate of drug-likeness (QED) is 0.807. The van der Waals surface area contributed by atoms with Crippen LogP contribution in [0.15, 0.2) is 54.7 Å². The Bertz CT molecular complexity index is 1080. The third-order valence-corrected chi connectivity index (χ3v) is 6.08. The minimum absolute atomic E-state index is 0.339. The number of carbonyl (C=O) groups excluding carboxylic acids is 3. The fraction of sp³-hybridized carbons (Fsp3) is 0.227. The monoisotopic (exact) mass is 389 g/mol. The smallest absolute Gasteiger partial charge is 0.240 e. The van der Waals surface area contributed by atoms with E-state index in [2.05, 4.69) is 0 Å². The van der Waals surface area contributed by atoms with Crippen LogP contribution in [0.3, 0.4) is 0 Å². The molecule has 7 nitrogen and oxygen atoms in total. The Morgan fingerprint density at radius 3 is 2.45 bits per heavy atom. The minimum Gasteiger partial charge on any atom is -0.495 e. The van der Waals surface area contributed by atoms with Crippen LogP contribution < -0.4 is 15.4 Å². The van der Waals surface area contributed by atoms with Gasteiger partial charge in [-0.2, -0.15) is 0 Å². The molecule has 2 N–H and O–H groups in total. The van der Waals surface area contributed by atoms with Crippen molar-refractivity contribution in [1.29, 1.82) is 0 Å². The van der Waals surface area contributed by atoms with E-state index in [0.29, 0.717) is 11.4 Å². The van der Waals surface area contributed by atoms with Gasteiger partial charge in [0.05, 0.1) is 30.7 Å². The van der Waals surface area contributed by atoms with Crippen molar-refractivity contribution >= 4 is 29.5 Å². The second-order valence-electron chi connectivity index (χ2n) is 7.42. The van der Waals surface area contributed by atoms with Crippen molar-refractivity contribution in [3.05, 3.63) is 65.9 Å². The summed E-state index contributed by atoms with van der Waals surface area (Å²) in [7, 11) is 1.49. The summed E-state index contributed by atoms with van der Waals surface area (Å²) >= 11 is 0. The minimum atomic E-state index is -0.884. The van der Waals surface area contributed by atoms with Gasteiger partial charge in [-0.25, -0.2) is 4.90 Å². The molecule has 0 saturated carbocycles. The van der Waals surface area contributed by atoms with Gasteiger partial charge in [-0.05, 0) is 29.3 Å². The molecule has 2 aromatic carbocycles. The first-order valence-electron chi connectivity index (χ1n) is 9.39. The Morgan fingerprint density at radius 1 is 1.00 bits per heavy atom. The number of ether oxygens (including phenoxy) is 1. The summed E-state index contributed by atoms with van der Waals surface area (Å²) in [6.45, 7) is 0. The number of rotatable bonds is 3. The maximum atomic E-state index is 13.5. The number of anilines is 1. The van der Waals surface area contributed by atoms with Gasteiger partial charge in [0.25, 0.3) is 0 Å². The Labute approximate surface area is 167 Å². The predicted molar refractivity (Wildman–Crippen MR) is 106 cm³/mol. The van der Waals surface area contributed by atoms with Crippen LogP contribution in [0.25, 0.3) is 6.08 Å². The Kier molecular flexibility index (Phi) is 3.74. The number of imide groups is 1. The summed E-state index contributed by atoms with van der Waals surface area (Å²) in [6.07, 6.45) is 3.66. The van der Waals surface area contributed by atoms with Crippen LogP contribution in [0.2, 0.25) is 0 Å². The molecule has 29 heavy (non-hydrogen) atoms. The van der Waals surface area contributed by atoms with E-state index < -0.39 is 35.7 Å². The molecule has 1 unspecified atom stereocenters. The van der Waals surface area contributed by atoms with Crippen LogP contribution in [0.4, 0.5) is 5.69 Å². The van der Waals surface area contributed by atoms with Gasteiger partial charge in [0.2, 0.25) is 17.7 Å². The van der Waals surface area contributed by atoms with E-state index in [4.69, 9.17) is 10.5 Å². The van der Waals surface area contributed by atoms with Crippen molar-refractivity contribution in [1.82, 2.24) is 4.90 Å². The Balaban J connectivity index is 1.66. The predicted octanol–water partition coefficient (Wildman–Crippen LogP) is 1.70. The van der Waals surface area contributed by atoms with E-state index in [1.807, 2.05) is 30.3 Å². The first kappa shape index (κ1) is 17.5. The normalized spacial score (nSPS) is 26.9. The largest absolute Gasteiger partial charge is 0.495 e. The molecule has 3 aliphatic heterocycles. The van der Waals surface area contributed by atoms with Gasteiger partial charge in [0.1, 0.15) is 11.8 Å². The average molecular weight is 389 g/mol. The summed E-state index contributed by atoms with van der Waals surface area (Å²) in [6, 6.07) is 13.3. The van der Waals surface area contributed by atoms with E-state index in [9.17, 15) is 14.4 Å². The number of hydrogen-bond donors (Lipinski definition) is 1. The lowest BCUT2D eigenvalue weighted by atomic mass is 9.84. The zero-order valence-electron chi connectivity index (χ0n) is 15.7. The molecule has 2 aromatic rings. The first-order chi connectivity index (χ1) is 14.0. The maximum Gasteiger partial charge on any atom is 0.240 e. The topological polar surface area (TPSA) is 92.9 Å². The van der Waals surface area contributed by atoms with Crippen molar-refractivity contribution in [2.45, 2.75) is 12.1 Å². The molecule has 0 aromatic heterocycles. The SMILES string of the molecule is COc1ccccc1N1C(=O)[C@@H]2[C@H](C1=O)C1c3ccccc3C=CN1[C@@H]2C(N)=O. The summed E-state index contributed by atoms with van der Waals surface area (Å²) < 4.78 is 5.35. The lowest BCUT2D eigenvalue weighted by Gasteiger charge is -2.34. The van der Waals surface area contributed by atoms with Gasteiger partial charge in [-0.1, -0.05) is 36.4 Å². The van der Waals surface area contributed by atoms with Crippen LogP contribution in [0, 0.1) is 11.8 Å². The van der Waals surface area contributed by atoms with Crippen molar-refractivity contribution in [3.63, 3.8) is 0 Å². The van der Waals surface area contributed by atoms with Gasteiger partial charge in [0, 0.05) is 6.20 Å². The van der Waals surface area contributed by atoms with Crippen molar-refractivity contribution < 1.29 is 19.1 Å². The maximum absolute atomic E-state index is 13.5. The second-order valence-corrected chi connectivity index (χ2v) is 7.42. The molecule has 3 heterocycles. The lowest BCUT2D eigenvalue weighted by Crippen LogP contribution is -2.46. The van der Waals surface area contributed by atoms with Crippen LogP contribution in [0.1, 0.15) is 17.2 Å². The van der Waals surface area contributed by atoms with Gasteiger partial charge in [-0.15, -0.1) is 0 Å². The van der Waals surface area contributed by atoms with Crippen LogP contribution in [-0.4, -0.2) is 35.8 Å². The number of primary amides is 1. The fourth-order valence-corrected chi connectivity index (χ4v) is 4.93. The van der Waals surface area contributed by atoms with Gasteiger partial charge >= 0.3 is 0 Å². The third-order valence-electron chi connectivity index (χ3n) is 6.08. The molecule has 2 saturated heterocycles. The second kappa shape index (κ2) is 6.20. The summed E-state index contributed by atoms with van der Waals surface area (Å²) in [5.41, 5.74) is 7.97. The molecule has 0 spiro atoms. The summed E-state index contributed by atoms with van der Waals surface area (Å²) in [5, 5.41) is 0. The Hall–Kier alpha value is -3.61. The van der Waals surface area contributed by atoms with Crippen LogP contribution >= 0.6 is 0 Å². The molecule has 0 radical (unpaired) electrons. The standard InChI is InChI=1S/C22H19N3O4/c1-29-15-9-5-4-8-14(15)25-21(27)16-17(22(25)28)19(20(23)26)24-11-10-12-6-2-3-7-13(12)18(16)24/h2-11,16-19H,1H3,(H2,23,26)/t16-,17+,18?,19-/m0/s1. The molecule has 3 amide bonds. The number of nitrogens with two attached hydrogens (primary N) is 1. The third kappa shape index (κ3) is 2.27. The van der Waals surface area contributed by atoms with Gasteiger partial charge < -0.3 is 15.4 Å². The number of para-hydroxylation sites is 2. The number of carbonyl (C=O) groups is 3.